The summed E-state index contributed by atoms with van der Waals surface area (Å²) in [6.45, 7) is 2.62. The van der Waals surface area contributed by atoms with Crippen LogP contribution >= 0.6 is 12.2 Å². The average molecular weight is 264 g/mol. The summed E-state index contributed by atoms with van der Waals surface area (Å²) in [4.78, 5) is 13.7. The number of amides is 1. The lowest BCUT2D eigenvalue weighted by Gasteiger charge is -2.24. The first-order valence-electron chi connectivity index (χ1n) is 5.80. The molecule has 1 saturated carbocycles. The minimum Gasteiger partial charge on any atom is -0.392 e. The number of nitrogens with two attached hydrogens (primary N) is 1. The van der Waals surface area contributed by atoms with Crippen LogP contribution in [0.2, 0.25) is 0 Å². The van der Waals surface area contributed by atoms with Crippen LogP contribution in [0.15, 0.2) is 0 Å². The largest absolute Gasteiger partial charge is 0.392 e. The van der Waals surface area contributed by atoms with Gasteiger partial charge in [-0.3, -0.25) is 4.79 Å². The summed E-state index contributed by atoms with van der Waals surface area (Å²) in [6, 6.07) is 0. The van der Waals surface area contributed by atoms with E-state index in [2.05, 4.69) is 0 Å². The molecule has 98 valence electrons. The van der Waals surface area contributed by atoms with Crippen molar-refractivity contribution in [2.45, 2.75) is 38.5 Å². The predicted octanol–water partition coefficient (Wildman–Crippen LogP) is 1.95. The lowest BCUT2D eigenvalue weighted by atomic mass is 10.1. The van der Waals surface area contributed by atoms with E-state index in [0.717, 1.165) is 6.42 Å². The van der Waals surface area contributed by atoms with Gasteiger partial charge in [0.1, 0.15) is 0 Å². The topological polar surface area (TPSA) is 46.3 Å². The molecule has 0 aromatic carbocycles. The van der Waals surface area contributed by atoms with Crippen LogP contribution in [0.4, 0.5) is 8.78 Å². The van der Waals surface area contributed by atoms with E-state index in [1.54, 1.807) is 0 Å². The van der Waals surface area contributed by atoms with Crippen molar-refractivity contribution in [1.29, 1.82) is 0 Å². The molecule has 1 atom stereocenters. The maximum Gasteiger partial charge on any atom is 0.248 e. The Bertz CT molecular complexity index is 310. The Labute approximate surface area is 105 Å². The van der Waals surface area contributed by atoms with Crippen molar-refractivity contribution in [3.63, 3.8) is 0 Å². The van der Waals surface area contributed by atoms with Crippen molar-refractivity contribution in [3.8, 4) is 0 Å². The number of alkyl halides is 2. The van der Waals surface area contributed by atoms with Crippen molar-refractivity contribution in [2.24, 2.45) is 11.7 Å². The second-order valence-electron chi connectivity index (χ2n) is 4.52. The molecule has 6 heteroatoms. The Hall–Kier alpha value is -0.780. The smallest absolute Gasteiger partial charge is 0.248 e. The van der Waals surface area contributed by atoms with Crippen LogP contribution in [0.25, 0.3) is 0 Å². The summed E-state index contributed by atoms with van der Waals surface area (Å²) in [5.74, 6) is -3.51. The Balaban J connectivity index is 2.62. The summed E-state index contributed by atoms with van der Waals surface area (Å²) in [5, 5.41) is 0. The van der Waals surface area contributed by atoms with Gasteiger partial charge in [0.05, 0.1) is 11.5 Å². The third kappa shape index (κ3) is 4.18. The van der Waals surface area contributed by atoms with E-state index >= 15 is 0 Å². The van der Waals surface area contributed by atoms with E-state index in [9.17, 15) is 13.6 Å². The second kappa shape index (κ2) is 5.71. The van der Waals surface area contributed by atoms with E-state index in [-0.39, 0.29) is 36.7 Å². The van der Waals surface area contributed by atoms with Crippen molar-refractivity contribution < 1.29 is 13.6 Å². The van der Waals surface area contributed by atoms with Gasteiger partial charge in [0, 0.05) is 25.3 Å². The zero-order chi connectivity index (χ0) is 13.1. The monoisotopic (exact) mass is 264 g/mol. The SMILES string of the molecule is CCCN(CC(N)=S)C(=O)C1CCC(F)(F)C1. The van der Waals surface area contributed by atoms with E-state index in [1.165, 1.54) is 4.90 Å². The highest BCUT2D eigenvalue weighted by Gasteiger charge is 2.43. The average Bonchev–Trinajstić information content (AvgIpc) is 2.56. The van der Waals surface area contributed by atoms with Gasteiger partial charge in [0.25, 0.3) is 0 Å². The Morgan fingerprint density at radius 1 is 1.59 bits per heavy atom. The lowest BCUT2D eigenvalue weighted by molar-refractivity contribution is -0.135. The van der Waals surface area contributed by atoms with E-state index in [1.807, 2.05) is 6.92 Å². The van der Waals surface area contributed by atoms with Gasteiger partial charge in [-0.1, -0.05) is 19.1 Å². The van der Waals surface area contributed by atoms with Crippen molar-refractivity contribution >= 4 is 23.1 Å². The van der Waals surface area contributed by atoms with E-state index in [4.69, 9.17) is 18.0 Å². The quantitative estimate of drug-likeness (QED) is 0.772. The molecule has 0 aliphatic heterocycles. The molecule has 1 unspecified atom stereocenters. The molecule has 17 heavy (non-hydrogen) atoms. The highest BCUT2D eigenvalue weighted by atomic mass is 32.1. The van der Waals surface area contributed by atoms with Gasteiger partial charge in [0.15, 0.2) is 0 Å². The number of rotatable bonds is 5. The standard InChI is InChI=1S/C11H18F2N2OS/c1-2-5-15(7-9(14)17)10(16)8-3-4-11(12,13)6-8/h8H,2-7H2,1H3,(H2,14,17). The Morgan fingerprint density at radius 3 is 2.65 bits per heavy atom. The van der Waals surface area contributed by atoms with Crippen LogP contribution in [0, 0.1) is 5.92 Å². The van der Waals surface area contributed by atoms with E-state index < -0.39 is 11.8 Å². The van der Waals surface area contributed by atoms with Gasteiger partial charge in [-0.15, -0.1) is 0 Å². The van der Waals surface area contributed by atoms with Gasteiger partial charge >= 0.3 is 0 Å². The first kappa shape index (κ1) is 14.3. The summed E-state index contributed by atoms with van der Waals surface area (Å²) in [7, 11) is 0. The van der Waals surface area contributed by atoms with E-state index in [0.29, 0.717) is 6.54 Å². The highest BCUT2D eigenvalue weighted by Crippen LogP contribution is 2.39. The maximum absolute atomic E-state index is 13.0. The number of halogens is 2. The number of carbonyl (C=O) groups excluding carboxylic acids is 1. The van der Waals surface area contributed by atoms with Crippen LogP contribution in [0.5, 0.6) is 0 Å². The van der Waals surface area contributed by atoms with Gasteiger partial charge < -0.3 is 10.6 Å². The molecule has 1 rings (SSSR count). The van der Waals surface area contributed by atoms with Crippen LogP contribution in [-0.4, -0.2) is 34.8 Å². The molecule has 0 aromatic heterocycles. The van der Waals surface area contributed by atoms with Crippen LogP contribution in [0.3, 0.4) is 0 Å². The minimum absolute atomic E-state index is 0.185. The molecule has 0 saturated heterocycles. The zero-order valence-corrected chi connectivity index (χ0v) is 10.7. The molecule has 2 N–H and O–H groups in total. The molecular weight excluding hydrogens is 246 g/mol. The normalized spacial score (nSPS) is 22.4. The Kier molecular flexibility index (Phi) is 4.80. The minimum atomic E-state index is -2.69. The van der Waals surface area contributed by atoms with Crippen LogP contribution in [0.1, 0.15) is 32.6 Å². The van der Waals surface area contributed by atoms with Crippen LogP contribution in [-0.2, 0) is 4.79 Å². The van der Waals surface area contributed by atoms with Gasteiger partial charge in [-0.2, -0.15) is 0 Å². The predicted molar refractivity (Wildman–Crippen MR) is 65.9 cm³/mol. The molecule has 1 amide bonds. The third-order valence-electron chi connectivity index (χ3n) is 2.90. The zero-order valence-electron chi connectivity index (χ0n) is 9.92. The molecule has 0 spiro atoms. The first-order valence-corrected chi connectivity index (χ1v) is 6.21. The highest BCUT2D eigenvalue weighted by molar-refractivity contribution is 7.80. The summed E-state index contributed by atoms with van der Waals surface area (Å²) in [5.41, 5.74) is 5.40. The fourth-order valence-electron chi connectivity index (χ4n) is 2.14. The number of nitrogens with zero attached hydrogens (tertiary/aromatic N) is 1. The van der Waals surface area contributed by atoms with Crippen molar-refractivity contribution in [1.82, 2.24) is 4.90 Å². The van der Waals surface area contributed by atoms with Crippen molar-refractivity contribution in [3.05, 3.63) is 0 Å². The number of hydrogen-bond donors (Lipinski definition) is 1. The molecule has 3 nitrogen and oxygen atoms in total. The summed E-state index contributed by atoms with van der Waals surface area (Å²) < 4.78 is 26.1. The van der Waals surface area contributed by atoms with Crippen LogP contribution < -0.4 is 5.73 Å². The molecule has 0 heterocycles. The first-order chi connectivity index (χ1) is 7.85. The fraction of sp³-hybridized carbons (Fsp3) is 0.818. The Morgan fingerprint density at radius 2 is 2.24 bits per heavy atom. The number of carbonyl (C=O) groups is 1. The lowest BCUT2D eigenvalue weighted by Crippen LogP contribution is -2.41. The van der Waals surface area contributed by atoms with Gasteiger partial charge in [-0.25, -0.2) is 8.78 Å². The summed E-state index contributed by atoms with van der Waals surface area (Å²) >= 11 is 4.76. The number of hydrogen-bond acceptors (Lipinski definition) is 2. The molecule has 0 radical (unpaired) electrons. The molecule has 1 aliphatic carbocycles. The molecule has 1 aliphatic rings. The van der Waals surface area contributed by atoms with Gasteiger partial charge in [-0.05, 0) is 12.8 Å². The third-order valence-corrected chi connectivity index (χ3v) is 3.03. The van der Waals surface area contributed by atoms with Gasteiger partial charge in [0.2, 0.25) is 11.8 Å². The molecule has 0 aromatic rings. The second-order valence-corrected chi connectivity index (χ2v) is 5.05. The number of thiocarbonyl (C=S) groups is 1. The maximum atomic E-state index is 13.0. The molecular formula is C11H18F2N2OS. The van der Waals surface area contributed by atoms with Crippen molar-refractivity contribution in [2.75, 3.05) is 13.1 Å². The molecule has 1 fully saturated rings. The summed E-state index contributed by atoms with van der Waals surface area (Å²) in [6.07, 6.45) is 0.473. The molecule has 0 bridgehead atoms. The fourth-order valence-corrected chi connectivity index (χ4v) is 2.30.